The number of amides is 1. The molecule has 2 saturated heterocycles. The summed E-state index contributed by atoms with van der Waals surface area (Å²) in [5.74, 6) is -0.560. The lowest BCUT2D eigenvalue weighted by atomic mass is 10.2. The number of thioether (sulfide) groups is 1. The highest BCUT2D eigenvalue weighted by atomic mass is 32.2. The van der Waals surface area contributed by atoms with Gasteiger partial charge in [0.15, 0.2) is 4.32 Å². The van der Waals surface area contributed by atoms with E-state index < -0.39 is 0 Å². The molecule has 1 aromatic carbocycles. The number of thiocarbonyl (C=S) groups is 1. The second-order valence-electron chi connectivity index (χ2n) is 5.67. The van der Waals surface area contributed by atoms with Crippen LogP contribution in [0.5, 0.6) is 0 Å². The molecule has 0 spiro atoms. The minimum Gasteiger partial charge on any atom is -0.372 e. The minimum atomic E-state index is -0.358. The molecule has 130 valence electrons. The van der Waals surface area contributed by atoms with Crippen molar-refractivity contribution in [1.82, 2.24) is 4.90 Å². The van der Waals surface area contributed by atoms with Crippen molar-refractivity contribution in [3.8, 4) is 0 Å². The van der Waals surface area contributed by atoms with E-state index in [9.17, 15) is 4.79 Å². The van der Waals surface area contributed by atoms with Gasteiger partial charge >= 0.3 is 0 Å². The van der Waals surface area contributed by atoms with Crippen LogP contribution in [0, 0.1) is 0 Å². The Kier molecular flexibility index (Phi) is 5.57. The van der Waals surface area contributed by atoms with E-state index in [0.29, 0.717) is 4.91 Å². The van der Waals surface area contributed by atoms with Gasteiger partial charge in [-0.05, 0) is 43.2 Å². The van der Waals surface area contributed by atoms with Crippen LogP contribution in [0.2, 0.25) is 0 Å². The second-order valence-corrected chi connectivity index (χ2v) is 7.35. The van der Waals surface area contributed by atoms with Crippen LogP contribution in [-0.4, -0.2) is 33.5 Å². The number of carbonyl (C=O) groups is 1. The number of carbonyl (C=O) groups excluding carboxylic acids is 1. The van der Waals surface area contributed by atoms with E-state index in [1.54, 1.807) is 12.2 Å². The number of hydrogen-bond donors (Lipinski definition) is 1. The predicted molar refractivity (Wildman–Crippen MR) is 105 cm³/mol. The lowest BCUT2D eigenvalue weighted by molar-refractivity contribution is -0.217. The Bertz CT molecular complexity index is 750. The molecule has 0 bridgehead atoms. The highest BCUT2D eigenvalue weighted by molar-refractivity contribution is 8.26. The van der Waals surface area contributed by atoms with E-state index in [1.165, 1.54) is 18.5 Å². The Balaban J connectivity index is 1.66. The van der Waals surface area contributed by atoms with Gasteiger partial charge in [-0.3, -0.25) is 4.79 Å². The topological polar surface area (TPSA) is 53.0 Å². The van der Waals surface area contributed by atoms with Gasteiger partial charge in [-0.1, -0.05) is 48.3 Å². The van der Waals surface area contributed by atoms with Crippen LogP contribution in [0.15, 0.2) is 53.8 Å². The van der Waals surface area contributed by atoms with Crippen LogP contribution in [0.4, 0.5) is 5.69 Å². The Morgan fingerprint density at radius 1 is 1.28 bits per heavy atom. The molecule has 2 aliphatic rings. The lowest BCUT2D eigenvalue weighted by Gasteiger charge is -2.17. The molecule has 0 unspecified atom stereocenters. The van der Waals surface area contributed by atoms with Gasteiger partial charge in [0.2, 0.25) is 5.88 Å². The fourth-order valence-electron chi connectivity index (χ4n) is 2.76. The molecule has 5 nitrogen and oxygen atoms in total. The van der Waals surface area contributed by atoms with Crippen LogP contribution >= 0.6 is 24.0 Å². The van der Waals surface area contributed by atoms with Gasteiger partial charge in [-0.15, -0.1) is 0 Å². The zero-order valence-electron chi connectivity index (χ0n) is 13.6. The largest absolute Gasteiger partial charge is 0.372 e. The number of anilines is 1. The first-order chi connectivity index (χ1) is 12.1. The van der Waals surface area contributed by atoms with Gasteiger partial charge in [0.25, 0.3) is 5.91 Å². The van der Waals surface area contributed by atoms with Gasteiger partial charge in [0, 0.05) is 18.8 Å². The highest BCUT2D eigenvalue weighted by Crippen LogP contribution is 2.33. The number of allylic oxidation sites excluding steroid dienone is 2. The summed E-state index contributed by atoms with van der Waals surface area (Å²) in [7, 11) is 0. The van der Waals surface area contributed by atoms with Crippen molar-refractivity contribution in [2.24, 2.45) is 0 Å². The maximum atomic E-state index is 12.2. The monoisotopic (exact) mass is 374 g/mol. The molecule has 1 aromatic rings. The maximum Gasteiger partial charge on any atom is 0.273 e. The predicted octanol–water partition coefficient (Wildman–Crippen LogP) is 4.01. The second kappa shape index (κ2) is 7.86. The fraction of sp³-hybridized carbons (Fsp3) is 0.222. The first-order valence-corrected chi connectivity index (χ1v) is 9.12. The summed E-state index contributed by atoms with van der Waals surface area (Å²) in [6, 6.07) is 8.36. The molecule has 1 amide bonds. The van der Waals surface area contributed by atoms with Gasteiger partial charge in [-0.25, -0.2) is 10.2 Å². The zero-order chi connectivity index (χ0) is 17.8. The Labute approximate surface area is 156 Å². The highest BCUT2D eigenvalue weighted by Gasteiger charge is 2.34. The van der Waals surface area contributed by atoms with Crippen LogP contribution in [0.1, 0.15) is 18.4 Å². The van der Waals surface area contributed by atoms with Crippen molar-refractivity contribution in [3.05, 3.63) is 59.3 Å². The summed E-state index contributed by atoms with van der Waals surface area (Å²) in [5.41, 5.74) is 2.30. The number of hydrogen-bond acceptors (Lipinski definition) is 6. The fourth-order valence-corrected chi connectivity index (χ4v) is 4.00. The van der Waals surface area contributed by atoms with Crippen molar-refractivity contribution < 1.29 is 14.9 Å². The van der Waals surface area contributed by atoms with E-state index >= 15 is 0 Å². The van der Waals surface area contributed by atoms with E-state index in [4.69, 9.17) is 17.5 Å². The summed E-state index contributed by atoms with van der Waals surface area (Å²) in [6.45, 7) is 5.69. The third-order valence-electron chi connectivity index (χ3n) is 4.05. The summed E-state index contributed by atoms with van der Waals surface area (Å²) < 4.78 is 0.277. The van der Waals surface area contributed by atoms with Gasteiger partial charge < -0.3 is 9.79 Å². The molecule has 2 aliphatic heterocycles. The first-order valence-electron chi connectivity index (χ1n) is 7.90. The third kappa shape index (κ3) is 3.95. The van der Waals surface area contributed by atoms with Crippen molar-refractivity contribution in [2.75, 3.05) is 18.0 Å². The summed E-state index contributed by atoms with van der Waals surface area (Å²) in [5, 5.41) is 8.64. The molecule has 0 atom stereocenters. The SMILES string of the molecule is C=C(OO)N1C(=O)C(=CC=Cc2ccc(N3CCCC3)cc2)SC1=S. The van der Waals surface area contributed by atoms with E-state index in [1.807, 2.05) is 6.08 Å². The standard InChI is InChI=1S/C18H18N2O3S2/c1-13(23-22)20-17(21)16(25-18(20)24)6-4-5-14-7-9-15(10-8-14)19-11-2-3-12-19/h4-10,22H,1-3,11-12H2. The summed E-state index contributed by atoms with van der Waals surface area (Å²) in [6.07, 6.45) is 7.94. The molecule has 2 heterocycles. The van der Waals surface area contributed by atoms with Gasteiger partial charge in [0.1, 0.15) is 0 Å². The zero-order valence-corrected chi connectivity index (χ0v) is 15.2. The molecule has 25 heavy (non-hydrogen) atoms. The Hall–Kier alpha value is -2.09. The smallest absolute Gasteiger partial charge is 0.273 e. The summed E-state index contributed by atoms with van der Waals surface area (Å²) in [4.78, 5) is 20.1. The molecule has 0 aliphatic carbocycles. The van der Waals surface area contributed by atoms with Crippen LogP contribution < -0.4 is 4.90 Å². The normalized spacial score (nSPS) is 19.5. The molecule has 7 heteroatoms. The number of benzene rings is 1. The van der Waals surface area contributed by atoms with Crippen LogP contribution in [0.3, 0.4) is 0 Å². The third-order valence-corrected chi connectivity index (χ3v) is 5.37. The minimum absolute atomic E-state index is 0.201. The van der Waals surface area contributed by atoms with Crippen molar-refractivity contribution in [1.29, 1.82) is 0 Å². The molecule has 2 fully saturated rings. The average molecular weight is 374 g/mol. The van der Waals surface area contributed by atoms with E-state index in [0.717, 1.165) is 35.3 Å². The van der Waals surface area contributed by atoms with Crippen molar-refractivity contribution >= 4 is 46.0 Å². The molecular formula is C18H18N2O3S2. The molecule has 1 N–H and O–H groups in total. The van der Waals surface area contributed by atoms with Crippen molar-refractivity contribution in [3.63, 3.8) is 0 Å². The molecule has 3 rings (SSSR count). The quantitative estimate of drug-likeness (QED) is 0.276. The van der Waals surface area contributed by atoms with Crippen LogP contribution in [-0.2, 0) is 9.68 Å². The van der Waals surface area contributed by atoms with Gasteiger partial charge in [0.05, 0.1) is 4.91 Å². The van der Waals surface area contributed by atoms with Gasteiger partial charge in [-0.2, -0.15) is 0 Å². The van der Waals surface area contributed by atoms with E-state index in [2.05, 4.69) is 40.6 Å². The first kappa shape index (κ1) is 17.7. The van der Waals surface area contributed by atoms with Crippen LogP contribution in [0.25, 0.3) is 6.08 Å². The molecule has 0 radical (unpaired) electrons. The lowest BCUT2D eigenvalue weighted by Crippen LogP contribution is -2.27. The maximum absolute atomic E-state index is 12.2. The number of rotatable bonds is 5. The van der Waals surface area contributed by atoms with Crippen molar-refractivity contribution in [2.45, 2.75) is 12.8 Å². The Morgan fingerprint density at radius 3 is 2.60 bits per heavy atom. The average Bonchev–Trinajstić information content (AvgIpc) is 3.24. The molecular weight excluding hydrogens is 356 g/mol. The van der Waals surface area contributed by atoms with E-state index in [-0.39, 0.29) is 16.1 Å². The Morgan fingerprint density at radius 2 is 1.96 bits per heavy atom. The number of nitrogens with zero attached hydrogens (tertiary/aromatic N) is 2. The summed E-state index contributed by atoms with van der Waals surface area (Å²) >= 11 is 6.23. The molecule has 0 aromatic heterocycles. The molecule has 0 saturated carbocycles.